The van der Waals surface area contributed by atoms with Gasteiger partial charge < -0.3 is 9.64 Å². The van der Waals surface area contributed by atoms with E-state index in [2.05, 4.69) is 105 Å². The molecule has 0 unspecified atom stereocenters. The van der Waals surface area contributed by atoms with Gasteiger partial charge >= 0.3 is 6.09 Å². The topological polar surface area (TPSA) is 90.2 Å². The van der Waals surface area contributed by atoms with E-state index in [-0.39, 0.29) is 11.2 Å². The highest BCUT2D eigenvalue weighted by Crippen LogP contribution is 2.52. The van der Waals surface area contributed by atoms with E-state index in [0.29, 0.717) is 24.4 Å². The van der Waals surface area contributed by atoms with Gasteiger partial charge in [-0.25, -0.2) is 4.79 Å². The third kappa shape index (κ3) is 9.54. The van der Waals surface area contributed by atoms with Crippen LogP contribution in [0.15, 0.2) is 108 Å². The Morgan fingerprint density at radius 3 is 2.14 bits per heavy atom. The summed E-state index contributed by atoms with van der Waals surface area (Å²) in [6.45, 7) is 18.4. The Bertz CT molecular complexity index is 2750. The fourth-order valence-electron chi connectivity index (χ4n) is 9.93. The minimum absolute atomic E-state index is 0.289. The molecule has 11 heteroatoms. The molecule has 1 N–H and O–H groups in total. The smallest absolute Gasteiger partial charge is 0.414 e. The van der Waals surface area contributed by atoms with Crippen molar-refractivity contribution in [3.63, 3.8) is 0 Å². The average molecular weight is 912 g/mol. The molecule has 0 spiro atoms. The van der Waals surface area contributed by atoms with Crippen molar-refractivity contribution >= 4 is 78.0 Å². The molecule has 2 aliphatic heterocycles. The van der Waals surface area contributed by atoms with Crippen LogP contribution in [-0.4, -0.2) is 65.7 Å². The van der Waals surface area contributed by atoms with Crippen LogP contribution in [0.1, 0.15) is 111 Å². The Labute approximate surface area is 384 Å². The van der Waals surface area contributed by atoms with E-state index >= 15 is 0 Å². The first-order chi connectivity index (χ1) is 29.6. The van der Waals surface area contributed by atoms with Crippen molar-refractivity contribution in [3.05, 3.63) is 129 Å². The number of fused-ring (bicyclic) bond motifs is 6. The van der Waals surface area contributed by atoms with Crippen molar-refractivity contribution in [2.45, 2.75) is 117 Å². The molecule has 1 aliphatic carbocycles. The molecule has 1 amide bonds. The maximum Gasteiger partial charge on any atom is 0.414 e. The summed E-state index contributed by atoms with van der Waals surface area (Å²) in [5.41, 5.74) is 8.48. The zero-order chi connectivity index (χ0) is 45.6. The molecular formula is C52H62Cl2N3O5S+. The monoisotopic (exact) mass is 910 g/mol. The first-order valence-corrected chi connectivity index (χ1v) is 24.6. The van der Waals surface area contributed by atoms with E-state index in [4.69, 9.17) is 27.9 Å². The van der Waals surface area contributed by atoms with Crippen LogP contribution in [0.3, 0.4) is 0 Å². The Morgan fingerprint density at radius 2 is 1.51 bits per heavy atom. The molecule has 0 saturated heterocycles. The van der Waals surface area contributed by atoms with Gasteiger partial charge in [0.15, 0.2) is 5.71 Å². The van der Waals surface area contributed by atoms with Crippen molar-refractivity contribution in [1.82, 2.24) is 4.90 Å². The maximum atomic E-state index is 13.9. The lowest BCUT2D eigenvalue weighted by Crippen LogP contribution is -2.34. The van der Waals surface area contributed by atoms with Crippen molar-refractivity contribution in [3.8, 4) is 0 Å². The highest BCUT2D eigenvalue weighted by molar-refractivity contribution is 7.85. The van der Waals surface area contributed by atoms with Crippen LogP contribution >= 0.6 is 23.2 Å². The molecule has 0 atom stereocenters. The second-order valence-corrected chi connectivity index (χ2v) is 21.7. The van der Waals surface area contributed by atoms with Crippen LogP contribution in [0.4, 0.5) is 16.2 Å². The van der Waals surface area contributed by atoms with Gasteiger partial charge in [0.2, 0.25) is 5.69 Å². The normalized spacial score (nSPS) is 18.5. The van der Waals surface area contributed by atoms with Gasteiger partial charge in [0.1, 0.15) is 12.1 Å². The average Bonchev–Trinajstić information content (AvgIpc) is 3.77. The van der Waals surface area contributed by atoms with Crippen LogP contribution in [-0.2, 0) is 25.7 Å². The molecule has 0 aromatic heterocycles. The van der Waals surface area contributed by atoms with E-state index < -0.39 is 27.2 Å². The minimum atomic E-state index is -4.08. The molecule has 4 aromatic rings. The van der Waals surface area contributed by atoms with Gasteiger partial charge in [0, 0.05) is 64.6 Å². The summed E-state index contributed by atoms with van der Waals surface area (Å²) in [4.78, 5) is 17.9. The highest BCUT2D eigenvalue weighted by Gasteiger charge is 2.46. The number of nitrogens with zero attached hydrogens (tertiary/aromatic N) is 3. The predicted molar refractivity (Wildman–Crippen MR) is 262 cm³/mol. The third-order valence-electron chi connectivity index (χ3n) is 12.8. The summed E-state index contributed by atoms with van der Waals surface area (Å²) >= 11 is 12.9. The summed E-state index contributed by atoms with van der Waals surface area (Å²) in [5.74, 6) is -0.289. The number of ether oxygens (including phenoxy) is 1. The summed E-state index contributed by atoms with van der Waals surface area (Å²) in [5, 5.41) is 5.87. The van der Waals surface area contributed by atoms with Crippen LogP contribution in [0, 0.1) is 0 Å². The number of likely N-dealkylation sites (N-methyl/N-ethyl adjacent to an activating group) is 1. The van der Waals surface area contributed by atoms with Gasteiger partial charge in [0.25, 0.3) is 10.1 Å². The van der Waals surface area contributed by atoms with Gasteiger partial charge in [-0.05, 0) is 147 Å². The molecular weight excluding hydrogens is 850 g/mol. The molecule has 7 rings (SSSR count). The predicted octanol–water partition coefficient (Wildman–Crippen LogP) is 13.6. The van der Waals surface area contributed by atoms with Crippen molar-refractivity contribution in [1.29, 1.82) is 0 Å². The summed E-state index contributed by atoms with van der Waals surface area (Å²) in [6, 6.07) is 20.8. The lowest BCUT2D eigenvalue weighted by Gasteiger charge is -2.28. The number of allylic oxidation sites excluding steroid dienone is 7. The number of unbranched alkanes of at least 4 members (excludes halogenated alkanes) is 3. The molecule has 3 aliphatic rings. The number of hydrogen-bond donors (Lipinski definition) is 1. The Morgan fingerprint density at radius 1 is 0.857 bits per heavy atom. The number of hydrogen-bond acceptors (Lipinski definition) is 5. The lowest BCUT2D eigenvalue weighted by molar-refractivity contribution is -0.438. The zero-order valence-electron chi connectivity index (χ0n) is 38.2. The number of amides is 1. The number of benzene rings is 4. The van der Waals surface area contributed by atoms with E-state index in [9.17, 15) is 17.8 Å². The van der Waals surface area contributed by atoms with Crippen LogP contribution in [0.25, 0.3) is 21.5 Å². The molecule has 8 nitrogen and oxygen atoms in total. The first-order valence-electron chi connectivity index (χ1n) is 22.2. The number of carbonyl (C=O) groups excluding carboxylic acids is 1. The van der Waals surface area contributed by atoms with Gasteiger partial charge in [-0.2, -0.15) is 13.0 Å². The van der Waals surface area contributed by atoms with Crippen LogP contribution in [0.5, 0.6) is 0 Å². The molecule has 63 heavy (non-hydrogen) atoms. The molecule has 4 aromatic carbocycles. The first kappa shape index (κ1) is 46.6. The van der Waals surface area contributed by atoms with E-state index in [1.807, 2.05) is 45.0 Å². The van der Waals surface area contributed by atoms with Gasteiger partial charge in [-0.1, -0.05) is 80.7 Å². The van der Waals surface area contributed by atoms with Crippen LogP contribution in [0.2, 0.25) is 10.0 Å². The molecule has 334 valence electrons. The molecule has 0 bridgehead atoms. The van der Waals surface area contributed by atoms with Gasteiger partial charge in [-0.3, -0.25) is 9.45 Å². The molecule has 0 saturated carbocycles. The lowest BCUT2D eigenvalue weighted by atomic mass is 9.79. The quantitative estimate of drug-likeness (QED) is 0.0816. The number of carbonyl (C=O) groups is 1. The minimum Gasteiger partial charge on any atom is -0.443 e. The third-order valence-corrected chi connectivity index (χ3v) is 14.1. The van der Waals surface area contributed by atoms with Crippen molar-refractivity contribution in [2.75, 3.05) is 30.8 Å². The molecule has 0 fully saturated rings. The maximum absolute atomic E-state index is 13.9. The van der Waals surface area contributed by atoms with Crippen molar-refractivity contribution < 1.29 is 27.1 Å². The summed E-state index contributed by atoms with van der Waals surface area (Å²) < 4.78 is 41.2. The summed E-state index contributed by atoms with van der Waals surface area (Å²) in [7, 11) is -2.28. The van der Waals surface area contributed by atoms with Crippen LogP contribution < -0.4 is 4.90 Å². The van der Waals surface area contributed by atoms with E-state index in [0.717, 1.165) is 88.1 Å². The second-order valence-electron chi connectivity index (χ2n) is 19.3. The zero-order valence-corrected chi connectivity index (χ0v) is 40.6. The fourth-order valence-corrected chi connectivity index (χ4v) is 10.9. The number of rotatable bonds is 13. The molecule has 0 radical (unpaired) electrons. The Balaban J connectivity index is 1.34. The number of halogens is 2. The Hall–Kier alpha value is -4.41. The summed E-state index contributed by atoms with van der Waals surface area (Å²) in [6.07, 6.45) is 14.1. The molecule has 2 heterocycles. The standard InChI is InChI=1S/C52H61Cl2N3O5S/c1-10-11-12-29-56-42-25-17-36-32-38(53)21-23-40(36)46(42)51(5,6)44(56)27-19-34-15-16-35(48(34)55(9)49(58)62-50(2,3)4)20-28-45-52(7,8)47-41-24-22-39(54)33-37(41)18-26-43(47)57(45)30-13-14-31-63(59,60)61/h17-28,32-33H,10-16,29-31H2,1-9H3/p+1. The van der Waals surface area contributed by atoms with E-state index in [1.54, 1.807) is 11.9 Å². The number of anilines is 1. The fraction of sp³-hybridized carbons (Fsp3) is 0.423. The Kier molecular flexibility index (Phi) is 13.2. The second kappa shape index (κ2) is 17.9. The van der Waals surface area contributed by atoms with E-state index in [1.165, 1.54) is 27.9 Å². The largest absolute Gasteiger partial charge is 0.443 e. The van der Waals surface area contributed by atoms with Crippen molar-refractivity contribution in [2.24, 2.45) is 0 Å². The SMILES string of the molecule is CCCCC[N+]1=C(/C=C/C2=C(N(C)C(=O)OC(C)(C)C)C(=C/C=C3/N(CCCCS(=O)(=O)O)c4ccc5cc(Cl)ccc5c4C3(C)C)/CC2)C(C)(C)c2c1ccc1cc(Cl)ccc21. The van der Waals surface area contributed by atoms with Gasteiger partial charge in [0.05, 0.1) is 16.9 Å². The van der Waals surface area contributed by atoms with Gasteiger partial charge in [-0.15, -0.1) is 0 Å². The highest BCUT2D eigenvalue weighted by atomic mass is 35.5.